The number of carbonyl (C=O) groups is 2. The van der Waals surface area contributed by atoms with Crippen LogP contribution in [0, 0.1) is 0 Å². The van der Waals surface area contributed by atoms with Crippen LogP contribution in [0.1, 0.15) is 19.3 Å². The van der Waals surface area contributed by atoms with Crippen molar-refractivity contribution in [1.29, 1.82) is 0 Å². The maximum Gasteiger partial charge on any atom is 0.263 e. The third-order valence-corrected chi connectivity index (χ3v) is 5.06. The molecule has 0 bridgehead atoms. The molecule has 24 heavy (non-hydrogen) atoms. The van der Waals surface area contributed by atoms with E-state index < -0.39 is 16.0 Å². The average molecular weight is 368 g/mol. The summed E-state index contributed by atoms with van der Waals surface area (Å²) in [7, 11) is -3.74. The molecule has 0 atom stereocenters. The minimum Gasteiger partial charge on any atom is -0.550 e. The monoisotopic (exact) mass is 368 g/mol. The zero-order chi connectivity index (χ0) is 17.6. The fourth-order valence-electron chi connectivity index (χ4n) is 1.78. The molecule has 1 aromatic heterocycles. The summed E-state index contributed by atoms with van der Waals surface area (Å²) in [5.41, 5.74) is 0.418. The van der Waals surface area contributed by atoms with Gasteiger partial charge in [-0.15, -0.1) is 11.3 Å². The number of hydrogen-bond donors (Lipinski definition) is 2. The Labute approximate surface area is 142 Å². The Morgan fingerprint density at radius 1 is 1.17 bits per heavy atom. The molecule has 0 saturated heterocycles. The van der Waals surface area contributed by atoms with Gasteiger partial charge in [0, 0.05) is 29.7 Å². The Morgan fingerprint density at radius 2 is 1.88 bits per heavy atom. The Balaban J connectivity index is 1.95. The van der Waals surface area contributed by atoms with E-state index in [-0.39, 0.29) is 35.2 Å². The van der Waals surface area contributed by atoms with E-state index in [1.165, 1.54) is 30.5 Å². The maximum atomic E-state index is 12.1. The largest absolute Gasteiger partial charge is 0.550 e. The molecule has 2 N–H and O–H groups in total. The lowest BCUT2D eigenvalue weighted by molar-refractivity contribution is -0.305. The Morgan fingerprint density at radius 3 is 2.46 bits per heavy atom. The molecule has 0 fully saturated rings. The van der Waals surface area contributed by atoms with Crippen LogP contribution < -0.4 is 15.1 Å². The topological polar surface area (TPSA) is 128 Å². The number of hydrogen-bond acceptors (Lipinski definition) is 7. The second-order valence-electron chi connectivity index (χ2n) is 4.74. The molecule has 0 aliphatic heterocycles. The lowest BCUT2D eigenvalue weighted by Crippen LogP contribution is -2.22. The highest BCUT2D eigenvalue weighted by molar-refractivity contribution is 7.93. The second-order valence-corrected chi connectivity index (χ2v) is 7.32. The van der Waals surface area contributed by atoms with Crippen molar-refractivity contribution in [2.45, 2.75) is 24.2 Å². The summed E-state index contributed by atoms with van der Waals surface area (Å²) >= 11 is 1.16. The van der Waals surface area contributed by atoms with Crippen LogP contribution in [0.4, 0.5) is 10.8 Å². The van der Waals surface area contributed by atoms with Crippen LogP contribution in [0.25, 0.3) is 0 Å². The van der Waals surface area contributed by atoms with Crippen LogP contribution in [0.2, 0.25) is 0 Å². The minimum absolute atomic E-state index is 0.0349. The minimum atomic E-state index is -3.74. The number of sulfonamides is 1. The van der Waals surface area contributed by atoms with E-state index >= 15 is 0 Å². The molecule has 0 aliphatic rings. The number of carboxylic acid groups (broad SMARTS) is 1. The number of aliphatic carboxylic acids is 1. The summed E-state index contributed by atoms with van der Waals surface area (Å²) in [6.45, 7) is 0. The van der Waals surface area contributed by atoms with Crippen LogP contribution in [0.5, 0.6) is 0 Å². The van der Waals surface area contributed by atoms with Gasteiger partial charge >= 0.3 is 0 Å². The van der Waals surface area contributed by atoms with Crippen molar-refractivity contribution in [3.05, 3.63) is 35.8 Å². The smallest absolute Gasteiger partial charge is 0.263 e. The van der Waals surface area contributed by atoms with Gasteiger partial charge in [-0.1, -0.05) is 0 Å². The van der Waals surface area contributed by atoms with E-state index in [0.29, 0.717) is 5.69 Å². The van der Waals surface area contributed by atoms with Gasteiger partial charge in [0.25, 0.3) is 10.0 Å². The van der Waals surface area contributed by atoms with Crippen molar-refractivity contribution < 1.29 is 23.1 Å². The van der Waals surface area contributed by atoms with Crippen LogP contribution in [-0.2, 0) is 19.6 Å². The summed E-state index contributed by atoms with van der Waals surface area (Å²) in [6, 6.07) is 5.61. The first-order chi connectivity index (χ1) is 11.4. The number of anilines is 2. The lowest BCUT2D eigenvalue weighted by atomic mass is 10.2. The molecule has 1 amide bonds. The van der Waals surface area contributed by atoms with E-state index in [9.17, 15) is 23.1 Å². The van der Waals surface area contributed by atoms with Gasteiger partial charge < -0.3 is 15.2 Å². The number of nitrogens with zero attached hydrogens (tertiary/aromatic N) is 1. The highest BCUT2D eigenvalue weighted by Gasteiger charge is 2.15. The SMILES string of the molecule is O=C([O-])CCCC(=O)Nc1ccc(S(=O)(=O)Nc2nccs2)cc1. The molecule has 2 aromatic rings. The van der Waals surface area contributed by atoms with Gasteiger partial charge in [0.05, 0.1) is 4.90 Å². The van der Waals surface area contributed by atoms with E-state index in [1.54, 1.807) is 5.38 Å². The van der Waals surface area contributed by atoms with Gasteiger partial charge in [-0.25, -0.2) is 13.4 Å². The van der Waals surface area contributed by atoms with Crippen molar-refractivity contribution in [2.75, 3.05) is 10.0 Å². The van der Waals surface area contributed by atoms with Gasteiger partial charge in [0.2, 0.25) is 5.91 Å². The van der Waals surface area contributed by atoms with Gasteiger partial charge in [-0.3, -0.25) is 9.52 Å². The van der Waals surface area contributed by atoms with E-state index in [1.807, 2.05) is 0 Å². The molecule has 8 nitrogen and oxygen atoms in total. The Bertz CT molecular complexity index is 801. The van der Waals surface area contributed by atoms with Crippen molar-refractivity contribution in [1.82, 2.24) is 4.98 Å². The molecule has 1 heterocycles. The number of rotatable bonds is 8. The third kappa shape index (κ3) is 5.32. The number of nitrogens with one attached hydrogen (secondary N) is 2. The quantitative estimate of drug-likeness (QED) is 0.709. The third-order valence-electron chi connectivity index (χ3n) is 2.89. The van der Waals surface area contributed by atoms with Gasteiger partial charge in [0.1, 0.15) is 0 Å². The number of amides is 1. The van der Waals surface area contributed by atoms with Gasteiger partial charge in [-0.2, -0.15) is 0 Å². The molecule has 0 unspecified atom stereocenters. The number of carbonyl (C=O) groups excluding carboxylic acids is 2. The van der Waals surface area contributed by atoms with E-state index in [4.69, 9.17) is 0 Å². The zero-order valence-corrected chi connectivity index (χ0v) is 14.0. The summed E-state index contributed by atoms with van der Waals surface area (Å²) in [5, 5.41) is 14.8. The summed E-state index contributed by atoms with van der Waals surface area (Å²) < 4.78 is 26.6. The predicted octanol–water partition coefficient (Wildman–Crippen LogP) is 0.803. The first-order valence-electron chi connectivity index (χ1n) is 6.89. The number of carboxylic acids is 1. The maximum absolute atomic E-state index is 12.1. The van der Waals surface area contributed by atoms with Gasteiger partial charge in [-0.05, 0) is 37.1 Å². The molecule has 0 saturated carbocycles. The lowest BCUT2D eigenvalue weighted by Gasteiger charge is -2.08. The molecule has 2 rings (SSSR count). The first kappa shape index (κ1) is 17.9. The van der Waals surface area contributed by atoms with Crippen molar-refractivity contribution >= 4 is 44.1 Å². The van der Waals surface area contributed by atoms with Crippen LogP contribution in [-0.4, -0.2) is 25.3 Å². The molecule has 128 valence electrons. The number of thiazole rings is 1. The summed E-state index contributed by atoms with van der Waals surface area (Å²) in [5.74, 6) is -1.56. The molecule has 1 aromatic carbocycles. The van der Waals surface area contributed by atoms with Crippen molar-refractivity contribution in [2.24, 2.45) is 0 Å². The molecule has 0 spiro atoms. The predicted molar refractivity (Wildman–Crippen MR) is 86.9 cm³/mol. The first-order valence-corrected chi connectivity index (χ1v) is 9.25. The van der Waals surface area contributed by atoms with Gasteiger partial charge in [0.15, 0.2) is 5.13 Å². The highest BCUT2D eigenvalue weighted by Crippen LogP contribution is 2.19. The van der Waals surface area contributed by atoms with Crippen LogP contribution in [0.3, 0.4) is 0 Å². The molecular weight excluding hydrogens is 354 g/mol. The van der Waals surface area contributed by atoms with Crippen molar-refractivity contribution in [3.63, 3.8) is 0 Å². The average Bonchev–Trinajstić information content (AvgIpc) is 2.99. The van der Waals surface area contributed by atoms with E-state index in [0.717, 1.165) is 11.3 Å². The summed E-state index contributed by atoms with van der Waals surface area (Å²) in [4.78, 5) is 25.8. The second kappa shape index (κ2) is 7.88. The fraction of sp³-hybridized carbons (Fsp3) is 0.214. The Kier molecular flexibility index (Phi) is 5.88. The molecule has 0 aliphatic carbocycles. The number of benzene rings is 1. The van der Waals surface area contributed by atoms with Crippen LogP contribution >= 0.6 is 11.3 Å². The highest BCUT2D eigenvalue weighted by atomic mass is 32.2. The Hall–Kier alpha value is -2.46. The normalized spacial score (nSPS) is 11.0. The van der Waals surface area contributed by atoms with Crippen molar-refractivity contribution in [3.8, 4) is 0 Å². The standard InChI is InChI=1S/C14H15N3O5S2/c18-12(2-1-3-13(19)20)16-10-4-6-11(7-5-10)24(21,22)17-14-15-8-9-23-14/h4-9H,1-3H2,(H,15,17)(H,16,18)(H,19,20)/p-1. The number of aromatic nitrogens is 1. The van der Waals surface area contributed by atoms with E-state index in [2.05, 4.69) is 15.0 Å². The zero-order valence-electron chi connectivity index (χ0n) is 12.4. The molecule has 0 radical (unpaired) electrons. The molecule has 10 heteroatoms. The summed E-state index contributed by atoms with van der Waals surface area (Å²) in [6.07, 6.45) is 1.52. The van der Waals surface area contributed by atoms with Crippen LogP contribution in [0.15, 0.2) is 40.7 Å². The fourth-order valence-corrected chi connectivity index (χ4v) is 3.57. The molecular formula is C14H14N3O5S2-.